The van der Waals surface area contributed by atoms with Crippen LogP contribution in [0, 0.1) is 6.92 Å². The molecule has 0 spiro atoms. The Morgan fingerprint density at radius 3 is 2.91 bits per heavy atom. The molecule has 0 unspecified atom stereocenters. The van der Waals surface area contributed by atoms with E-state index in [4.69, 9.17) is 9.26 Å². The lowest BCUT2D eigenvalue weighted by molar-refractivity contribution is 0.0941. The van der Waals surface area contributed by atoms with Crippen molar-refractivity contribution in [3.05, 3.63) is 41.4 Å². The Morgan fingerprint density at radius 1 is 1.36 bits per heavy atom. The fourth-order valence-electron chi connectivity index (χ4n) is 2.27. The molecule has 0 atom stereocenters. The maximum Gasteiger partial charge on any atom is 0.273 e. The van der Waals surface area contributed by atoms with Gasteiger partial charge in [0.1, 0.15) is 11.6 Å². The van der Waals surface area contributed by atoms with Gasteiger partial charge < -0.3 is 19.5 Å². The molecule has 1 saturated heterocycles. The lowest BCUT2D eigenvalue weighted by Crippen LogP contribution is -2.37. The van der Waals surface area contributed by atoms with E-state index in [-0.39, 0.29) is 11.6 Å². The van der Waals surface area contributed by atoms with Crippen molar-refractivity contribution in [1.82, 2.24) is 15.5 Å². The van der Waals surface area contributed by atoms with Gasteiger partial charge in [0.25, 0.3) is 5.91 Å². The van der Waals surface area contributed by atoms with Crippen LogP contribution in [0.4, 0.5) is 5.82 Å². The smallest absolute Gasteiger partial charge is 0.273 e. The van der Waals surface area contributed by atoms with Crippen LogP contribution in [-0.4, -0.2) is 42.4 Å². The van der Waals surface area contributed by atoms with Gasteiger partial charge in [0.05, 0.1) is 25.5 Å². The minimum atomic E-state index is -0.268. The zero-order valence-corrected chi connectivity index (χ0v) is 12.4. The van der Waals surface area contributed by atoms with E-state index in [0.29, 0.717) is 25.5 Å². The number of nitrogens with zero attached hydrogens (tertiary/aromatic N) is 3. The maximum atomic E-state index is 11.9. The summed E-state index contributed by atoms with van der Waals surface area (Å²) in [6, 6.07) is 7.41. The number of hydrogen-bond donors (Lipinski definition) is 1. The Labute approximate surface area is 128 Å². The molecule has 0 radical (unpaired) electrons. The number of hydrogen-bond acceptors (Lipinski definition) is 6. The second-order valence-electron chi connectivity index (χ2n) is 5.09. The molecule has 3 rings (SSSR count). The topological polar surface area (TPSA) is 80.5 Å². The number of anilines is 1. The van der Waals surface area contributed by atoms with Gasteiger partial charge in [0.2, 0.25) is 0 Å². The van der Waals surface area contributed by atoms with E-state index < -0.39 is 0 Å². The molecule has 2 aromatic heterocycles. The normalized spacial score (nSPS) is 14.9. The van der Waals surface area contributed by atoms with Crippen LogP contribution in [0.3, 0.4) is 0 Å². The maximum absolute atomic E-state index is 11.9. The number of nitrogens with one attached hydrogen (secondary N) is 1. The first-order valence-electron chi connectivity index (χ1n) is 7.22. The van der Waals surface area contributed by atoms with Gasteiger partial charge in [0, 0.05) is 19.2 Å². The van der Waals surface area contributed by atoms with E-state index in [9.17, 15) is 4.79 Å². The minimum absolute atomic E-state index is 0.268. The largest absolute Gasteiger partial charge is 0.378 e. The van der Waals surface area contributed by atoms with Crippen molar-refractivity contribution in [2.45, 2.75) is 13.5 Å². The summed E-state index contributed by atoms with van der Waals surface area (Å²) in [4.78, 5) is 18.7. The van der Waals surface area contributed by atoms with Gasteiger partial charge in [-0.1, -0.05) is 11.2 Å². The molecule has 22 heavy (non-hydrogen) atoms. The summed E-state index contributed by atoms with van der Waals surface area (Å²) in [6.07, 6.45) is 0. The predicted molar refractivity (Wildman–Crippen MR) is 79.7 cm³/mol. The molecule has 0 bridgehead atoms. The van der Waals surface area contributed by atoms with E-state index in [1.807, 2.05) is 18.2 Å². The molecule has 116 valence electrons. The molecule has 0 aromatic carbocycles. The average Bonchev–Trinajstić information content (AvgIpc) is 3.00. The molecular weight excluding hydrogens is 284 g/mol. The molecule has 7 nitrogen and oxygen atoms in total. The monoisotopic (exact) mass is 302 g/mol. The Bertz CT molecular complexity index is 650. The molecule has 7 heteroatoms. The standard InChI is InChI=1S/C15H18N4O3/c1-11-9-13(18-22-11)15(20)16-10-12-3-2-4-14(17-12)19-5-7-21-8-6-19/h2-4,9H,5-8,10H2,1H3,(H,16,20). The molecule has 0 aliphatic carbocycles. The third-order valence-electron chi connectivity index (χ3n) is 3.42. The van der Waals surface area contributed by atoms with E-state index in [1.165, 1.54) is 0 Å². The molecule has 1 aliphatic rings. The first kappa shape index (κ1) is 14.5. The fourth-order valence-corrected chi connectivity index (χ4v) is 2.27. The van der Waals surface area contributed by atoms with Gasteiger partial charge in [0.15, 0.2) is 5.69 Å². The van der Waals surface area contributed by atoms with Crippen molar-refractivity contribution in [2.24, 2.45) is 0 Å². The van der Waals surface area contributed by atoms with Crippen LogP contribution in [-0.2, 0) is 11.3 Å². The number of ether oxygens (including phenoxy) is 1. The first-order valence-corrected chi connectivity index (χ1v) is 7.22. The van der Waals surface area contributed by atoms with Crippen LogP contribution < -0.4 is 10.2 Å². The van der Waals surface area contributed by atoms with E-state index >= 15 is 0 Å². The third-order valence-corrected chi connectivity index (χ3v) is 3.42. The van der Waals surface area contributed by atoms with Gasteiger partial charge in [-0.05, 0) is 19.1 Å². The number of morpholine rings is 1. The highest BCUT2D eigenvalue weighted by molar-refractivity contribution is 5.92. The molecule has 0 saturated carbocycles. The van der Waals surface area contributed by atoms with E-state index in [2.05, 4.69) is 20.4 Å². The Balaban J connectivity index is 1.61. The van der Waals surface area contributed by atoms with Crippen LogP contribution in [0.5, 0.6) is 0 Å². The Kier molecular flexibility index (Phi) is 4.34. The number of pyridine rings is 1. The van der Waals surface area contributed by atoms with Gasteiger partial charge in [-0.25, -0.2) is 4.98 Å². The van der Waals surface area contributed by atoms with Crippen LogP contribution in [0.15, 0.2) is 28.8 Å². The van der Waals surface area contributed by atoms with Crippen molar-refractivity contribution >= 4 is 11.7 Å². The van der Waals surface area contributed by atoms with Gasteiger partial charge in [-0.15, -0.1) is 0 Å². The third kappa shape index (κ3) is 3.43. The summed E-state index contributed by atoms with van der Waals surface area (Å²) >= 11 is 0. The molecule has 2 aromatic rings. The second kappa shape index (κ2) is 6.57. The van der Waals surface area contributed by atoms with Crippen molar-refractivity contribution in [3.63, 3.8) is 0 Å². The predicted octanol–water partition coefficient (Wildman–Crippen LogP) is 1.14. The highest BCUT2D eigenvalue weighted by atomic mass is 16.5. The molecule has 1 amide bonds. The van der Waals surface area contributed by atoms with Crippen molar-refractivity contribution < 1.29 is 14.1 Å². The van der Waals surface area contributed by atoms with E-state index in [1.54, 1.807) is 13.0 Å². The fraction of sp³-hybridized carbons (Fsp3) is 0.400. The summed E-state index contributed by atoms with van der Waals surface area (Å²) in [5.74, 6) is 1.25. The van der Waals surface area contributed by atoms with Crippen LogP contribution in [0.1, 0.15) is 21.9 Å². The molecule has 1 fully saturated rings. The minimum Gasteiger partial charge on any atom is -0.378 e. The number of carbonyl (C=O) groups is 1. The zero-order valence-electron chi connectivity index (χ0n) is 12.4. The van der Waals surface area contributed by atoms with Gasteiger partial charge in [-0.2, -0.15) is 0 Å². The molecule has 3 heterocycles. The van der Waals surface area contributed by atoms with Crippen molar-refractivity contribution in [1.29, 1.82) is 0 Å². The van der Waals surface area contributed by atoms with Gasteiger partial charge >= 0.3 is 0 Å². The van der Waals surface area contributed by atoms with Crippen molar-refractivity contribution in [3.8, 4) is 0 Å². The quantitative estimate of drug-likeness (QED) is 0.912. The van der Waals surface area contributed by atoms with Crippen LogP contribution in [0.2, 0.25) is 0 Å². The SMILES string of the molecule is Cc1cc(C(=O)NCc2cccc(N3CCOCC3)n2)no1. The average molecular weight is 302 g/mol. The van der Waals surface area contributed by atoms with Crippen LogP contribution >= 0.6 is 0 Å². The zero-order chi connectivity index (χ0) is 15.4. The number of carbonyl (C=O) groups excluding carboxylic acids is 1. The summed E-state index contributed by atoms with van der Waals surface area (Å²) < 4.78 is 10.2. The highest BCUT2D eigenvalue weighted by Crippen LogP contribution is 2.13. The molecule has 1 aliphatic heterocycles. The summed E-state index contributed by atoms with van der Waals surface area (Å²) in [6.45, 7) is 5.20. The highest BCUT2D eigenvalue weighted by Gasteiger charge is 2.14. The Morgan fingerprint density at radius 2 is 2.18 bits per heavy atom. The van der Waals surface area contributed by atoms with Gasteiger partial charge in [-0.3, -0.25) is 4.79 Å². The second-order valence-corrected chi connectivity index (χ2v) is 5.09. The molecule has 1 N–H and O–H groups in total. The van der Waals surface area contributed by atoms with Crippen LogP contribution in [0.25, 0.3) is 0 Å². The number of amides is 1. The first-order chi connectivity index (χ1) is 10.7. The van der Waals surface area contributed by atoms with Crippen molar-refractivity contribution in [2.75, 3.05) is 31.2 Å². The van der Waals surface area contributed by atoms with E-state index in [0.717, 1.165) is 24.6 Å². The number of aryl methyl sites for hydroxylation is 1. The number of aromatic nitrogens is 2. The summed E-state index contributed by atoms with van der Waals surface area (Å²) in [7, 11) is 0. The Hall–Kier alpha value is -2.41. The summed E-state index contributed by atoms with van der Waals surface area (Å²) in [5.41, 5.74) is 1.08. The molecular formula is C15H18N4O3. The number of rotatable bonds is 4. The lowest BCUT2D eigenvalue weighted by atomic mass is 10.3. The summed E-state index contributed by atoms with van der Waals surface area (Å²) in [5, 5.41) is 6.48. The lowest BCUT2D eigenvalue weighted by Gasteiger charge is -2.28.